The van der Waals surface area contributed by atoms with Gasteiger partial charge in [0.1, 0.15) is 5.69 Å². The Morgan fingerprint density at radius 1 is 1.04 bits per heavy atom. The van der Waals surface area contributed by atoms with E-state index in [2.05, 4.69) is 14.9 Å². The van der Waals surface area contributed by atoms with Gasteiger partial charge in [-0.05, 0) is 36.8 Å². The van der Waals surface area contributed by atoms with E-state index in [1.165, 1.54) is 6.92 Å². The van der Waals surface area contributed by atoms with Crippen LogP contribution in [0.15, 0.2) is 64.5 Å². The first kappa shape index (κ1) is 18.1. The number of benzene rings is 2. The van der Waals surface area contributed by atoms with E-state index < -0.39 is 20.7 Å². The summed E-state index contributed by atoms with van der Waals surface area (Å²) < 4.78 is 29.0. The molecule has 0 atom stereocenters. The molecule has 7 nitrogen and oxygen atoms in total. The van der Waals surface area contributed by atoms with Crippen LogP contribution in [0.1, 0.15) is 11.3 Å². The van der Waals surface area contributed by atoms with Crippen molar-refractivity contribution in [3.05, 3.63) is 81.2 Å². The normalized spacial score (nSPS) is 11.3. The Labute approximate surface area is 155 Å². The molecule has 0 aliphatic carbocycles. The van der Waals surface area contributed by atoms with Crippen LogP contribution in [-0.2, 0) is 16.6 Å². The molecule has 0 bridgehead atoms. The van der Waals surface area contributed by atoms with Gasteiger partial charge in [-0.1, -0.05) is 41.9 Å². The largest absolute Gasteiger partial charge is 0.297 e. The minimum absolute atomic E-state index is 0.0252. The molecule has 0 saturated heterocycles. The molecule has 3 aromatic rings. The first-order valence-corrected chi connectivity index (χ1v) is 9.49. The molecule has 0 unspecified atom stereocenters. The van der Waals surface area contributed by atoms with Crippen molar-refractivity contribution in [1.82, 2.24) is 14.8 Å². The summed E-state index contributed by atoms with van der Waals surface area (Å²) in [5.41, 5.74) is 0.654. The van der Waals surface area contributed by atoms with Crippen molar-refractivity contribution in [2.24, 2.45) is 0 Å². The third-order valence-electron chi connectivity index (χ3n) is 3.59. The minimum Gasteiger partial charge on any atom is -0.277 e. The number of sulfonamides is 1. The van der Waals surface area contributed by atoms with Crippen molar-refractivity contribution in [2.45, 2.75) is 18.6 Å². The van der Waals surface area contributed by atoms with Gasteiger partial charge in [0.05, 0.1) is 6.54 Å². The van der Waals surface area contributed by atoms with Gasteiger partial charge in [-0.2, -0.15) is 8.42 Å². The Balaban J connectivity index is 2.05. The van der Waals surface area contributed by atoms with Crippen LogP contribution in [0, 0.1) is 6.92 Å². The molecule has 0 fully saturated rings. The Hall–Kier alpha value is -2.71. The van der Waals surface area contributed by atoms with Crippen LogP contribution in [0.25, 0.3) is 0 Å². The second kappa shape index (κ2) is 7.27. The van der Waals surface area contributed by atoms with E-state index in [1.807, 2.05) is 0 Å². The van der Waals surface area contributed by atoms with Gasteiger partial charge in [0.25, 0.3) is 20.7 Å². The van der Waals surface area contributed by atoms with Crippen LogP contribution in [0.2, 0.25) is 5.02 Å². The second-order valence-electron chi connectivity index (χ2n) is 5.56. The number of aryl methyl sites for hydroxylation is 1. The van der Waals surface area contributed by atoms with Gasteiger partial charge >= 0.3 is 0 Å². The standard InChI is InChI=1S/C17H15ClN4O3S/c1-12-16(23)22(11-13-7-9-14(18)10-8-13)17(20-19-12)26(24,25)21-15-5-3-2-4-6-15/h2-10,21H,11H2,1H3. The van der Waals surface area contributed by atoms with Crippen molar-refractivity contribution in [3.8, 4) is 0 Å². The van der Waals surface area contributed by atoms with Crippen LogP contribution in [0.5, 0.6) is 0 Å². The van der Waals surface area contributed by atoms with Gasteiger partial charge in [-0.25, -0.2) is 0 Å². The van der Waals surface area contributed by atoms with Gasteiger partial charge in [0, 0.05) is 10.7 Å². The highest BCUT2D eigenvalue weighted by Crippen LogP contribution is 2.15. The molecule has 1 aromatic heterocycles. The number of halogens is 1. The predicted molar refractivity (Wildman–Crippen MR) is 98.8 cm³/mol. The van der Waals surface area contributed by atoms with Gasteiger partial charge < -0.3 is 0 Å². The molecule has 2 aromatic carbocycles. The number of anilines is 1. The van der Waals surface area contributed by atoms with E-state index in [9.17, 15) is 13.2 Å². The monoisotopic (exact) mass is 390 g/mol. The molecule has 9 heteroatoms. The summed E-state index contributed by atoms with van der Waals surface area (Å²) in [6, 6.07) is 15.1. The van der Waals surface area contributed by atoms with E-state index >= 15 is 0 Å². The van der Waals surface area contributed by atoms with Crippen molar-refractivity contribution in [2.75, 3.05) is 4.72 Å². The number of hydrogen-bond donors (Lipinski definition) is 1. The molecular formula is C17H15ClN4O3S. The second-order valence-corrected chi connectivity index (χ2v) is 7.57. The SMILES string of the molecule is Cc1nnc(S(=O)(=O)Nc2ccccc2)n(Cc2ccc(Cl)cc2)c1=O. The molecule has 0 saturated carbocycles. The lowest BCUT2D eigenvalue weighted by Crippen LogP contribution is -2.32. The Kier molecular flexibility index (Phi) is 5.06. The number of hydrogen-bond acceptors (Lipinski definition) is 5. The van der Waals surface area contributed by atoms with E-state index in [0.717, 1.165) is 4.57 Å². The Morgan fingerprint density at radius 2 is 1.69 bits per heavy atom. The molecule has 134 valence electrons. The van der Waals surface area contributed by atoms with Crippen molar-refractivity contribution < 1.29 is 8.42 Å². The quantitative estimate of drug-likeness (QED) is 0.722. The molecule has 0 aliphatic rings. The van der Waals surface area contributed by atoms with Gasteiger partial charge in [0.2, 0.25) is 0 Å². The maximum atomic E-state index is 12.7. The molecule has 0 amide bonds. The zero-order valence-corrected chi connectivity index (χ0v) is 15.3. The summed E-state index contributed by atoms with van der Waals surface area (Å²) in [4.78, 5) is 12.5. The van der Waals surface area contributed by atoms with Crippen molar-refractivity contribution in [1.29, 1.82) is 0 Å². The number of nitrogens with one attached hydrogen (secondary N) is 1. The highest BCUT2D eigenvalue weighted by atomic mass is 35.5. The lowest BCUT2D eigenvalue weighted by atomic mass is 10.2. The van der Waals surface area contributed by atoms with Crippen LogP contribution >= 0.6 is 11.6 Å². The molecule has 1 N–H and O–H groups in total. The van der Waals surface area contributed by atoms with Crippen LogP contribution in [0.3, 0.4) is 0 Å². The Bertz CT molecular complexity index is 1080. The van der Waals surface area contributed by atoms with E-state index in [-0.39, 0.29) is 12.2 Å². The molecule has 0 spiro atoms. The average molecular weight is 391 g/mol. The van der Waals surface area contributed by atoms with Gasteiger partial charge in [-0.15, -0.1) is 10.2 Å². The lowest BCUT2D eigenvalue weighted by molar-refractivity contribution is 0.544. The van der Waals surface area contributed by atoms with E-state index in [4.69, 9.17) is 11.6 Å². The fraction of sp³-hybridized carbons (Fsp3) is 0.118. The van der Waals surface area contributed by atoms with Crippen LogP contribution in [0.4, 0.5) is 5.69 Å². The topological polar surface area (TPSA) is 93.9 Å². The van der Waals surface area contributed by atoms with E-state index in [1.54, 1.807) is 54.6 Å². The Morgan fingerprint density at radius 3 is 2.35 bits per heavy atom. The third-order valence-corrected chi connectivity index (χ3v) is 5.13. The number of para-hydroxylation sites is 1. The summed E-state index contributed by atoms with van der Waals surface area (Å²) in [6.07, 6.45) is 0. The van der Waals surface area contributed by atoms with Gasteiger partial charge in [0.15, 0.2) is 0 Å². The fourth-order valence-corrected chi connectivity index (χ4v) is 3.56. The summed E-state index contributed by atoms with van der Waals surface area (Å²) in [6.45, 7) is 1.51. The first-order valence-electron chi connectivity index (χ1n) is 7.63. The maximum Gasteiger partial charge on any atom is 0.297 e. The molecule has 1 heterocycles. The number of aromatic nitrogens is 3. The fourth-order valence-electron chi connectivity index (χ4n) is 2.31. The summed E-state index contributed by atoms with van der Waals surface area (Å²) in [5, 5.41) is 7.53. The van der Waals surface area contributed by atoms with Gasteiger partial charge in [-0.3, -0.25) is 14.1 Å². The lowest BCUT2D eigenvalue weighted by Gasteiger charge is -2.13. The van der Waals surface area contributed by atoms with Crippen molar-refractivity contribution in [3.63, 3.8) is 0 Å². The van der Waals surface area contributed by atoms with Crippen LogP contribution < -0.4 is 10.3 Å². The predicted octanol–water partition coefficient (Wildman–Crippen LogP) is 2.45. The third kappa shape index (κ3) is 3.92. The molecule has 0 radical (unpaired) electrons. The minimum atomic E-state index is -4.10. The summed E-state index contributed by atoms with van der Waals surface area (Å²) >= 11 is 5.87. The highest BCUT2D eigenvalue weighted by Gasteiger charge is 2.23. The zero-order chi connectivity index (χ0) is 18.7. The summed E-state index contributed by atoms with van der Waals surface area (Å²) in [5.74, 6) is 0. The van der Waals surface area contributed by atoms with Crippen molar-refractivity contribution >= 4 is 27.3 Å². The average Bonchev–Trinajstić information content (AvgIpc) is 2.61. The molecule has 0 aliphatic heterocycles. The smallest absolute Gasteiger partial charge is 0.277 e. The highest BCUT2D eigenvalue weighted by molar-refractivity contribution is 7.92. The molecular weight excluding hydrogens is 376 g/mol. The first-order chi connectivity index (χ1) is 12.4. The summed E-state index contributed by atoms with van der Waals surface area (Å²) in [7, 11) is -4.10. The number of rotatable bonds is 5. The zero-order valence-electron chi connectivity index (χ0n) is 13.8. The van der Waals surface area contributed by atoms with Crippen LogP contribution in [-0.4, -0.2) is 23.2 Å². The number of nitrogens with zero attached hydrogens (tertiary/aromatic N) is 3. The molecule has 3 rings (SSSR count). The molecule has 26 heavy (non-hydrogen) atoms. The maximum absolute atomic E-state index is 12.7. The van der Waals surface area contributed by atoms with E-state index in [0.29, 0.717) is 16.3 Å².